The highest BCUT2D eigenvalue weighted by Gasteiger charge is 2.08. The van der Waals surface area contributed by atoms with Gasteiger partial charge in [-0.15, -0.1) is 0 Å². The van der Waals surface area contributed by atoms with Crippen LogP contribution in [0.1, 0.15) is 23.7 Å². The molecule has 2 rings (SSSR count). The van der Waals surface area contributed by atoms with Gasteiger partial charge < -0.3 is 14.9 Å². The minimum absolute atomic E-state index is 0.114. The Morgan fingerprint density at radius 2 is 2.10 bits per heavy atom. The van der Waals surface area contributed by atoms with Crippen molar-refractivity contribution in [3.63, 3.8) is 0 Å². The predicted molar refractivity (Wildman–Crippen MR) is 72.2 cm³/mol. The molecule has 106 valence electrons. The van der Waals surface area contributed by atoms with Gasteiger partial charge in [0, 0.05) is 13.5 Å². The van der Waals surface area contributed by atoms with Gasteiger partial charge in [-0.05, 0) is 30.5 Å². The lowest BCUT2D eigenvalue weighted by Crippen LogP contribution is -2.26. The van der Waals surface area contributed by atoms with Crippen LogP contribution in [0.5, 0.6) is 5.75 Å². The molecule has 1 heterocycles. The number of aromatic hydroxyl groups is 1. The fourth-order valence-corrected chi connectivity index (χ4v) is 1.80. The number of phenolic OH excluding ortho intramolecular Hbond substituents is 1. The van der Waals surface area contributed by atoms with Gasteiger partial charge in [0.1, 0.15) is 5.75 Å². The van der Waals surface area contributed by atoms with E-state index in [1.807, 2.05) is 12.1 Å². The van der Waals surface area contributed by atoms with Crippen LogP contribution in [0.2, 0.25) is 0 Å². The fraction of sp³-hybridized carbons (Fsp3) is 0.357. The highest BCUT2D eigenvalue weighted by atomic mass is 16.5. The van der Waals surface area contributed by atoms with Crippen LogP contribution in [-0.2, 0) is 17.6 Å². The fourth-order valence-electron chi connectivity index (χ4n) is 1.80. The molecule has 1 amide bonds. The second-order valence-electron chi connectivity index (χ2n) is 4.53. The van der Waals surface area contributed by atoms with Crippen LogP contribution < -0.4 is 5.32 Å². The SMILES string of the molecule is Cc1nc(CC(=O)NCCCc2ccc(O)cc2)no1. The Morgan fingerprint density at radius 3 is 2.75 bits per heavy atom. The van der Waals surface area contributed by atoms with Crippen molar-refractivity contribution < 1.29 is 14.4 Å². The van der Waals surface area contributed by atoms with E-state index in [1.54, 1.807) is 19.1 Å². The third kappa shape index (κ3) is 4.38. The van der Waals surface area contributed by atoms with E-state index in [0.29, 0.717) is 18.3 Å². The van der Waals surface area contributed by atoms with Crippen LogP contribution in [-0.4, -0.2) is 27.7 Å². The maximum atomic E-state index is 11.6. The number of benzene rings is 1. The van der Waals surface area contributed by atoms with E-state index in [9.17, 15) is 4.79 Å². The lowest BCUT2D eigenvalue weighted by molar-refractivity contribution is -0.120. The van der Waals surface area contributed by atoms with Crippen molar-refractivity contribution in [2.75, 3.05) is 6.54 Å². The second-order valence-corrected chi connectivity index (χ2v) is 4.53. The van der Waals surface area contributed by atoms with Crippen LogP contribution in [0.3, 0.4) is 0 Å². The zero-order valence-electron chi connectivity index (χ0n) is 11.3. The minimum Gasteiger partial charge on any atom is -0.508 e. The number of hydrogen-bond acceptors (Lipinski definition) is 5. The maximum Gasteiger partial charge on any atom is 0.227 e. The molecule has 6 heteroatoms. The molecule has 20 heavy (non-hydrogen) atoms. The molecule has 0 spiro atoms. The zero-order valence-corrected chi connectivity index (χ0v) is 11.3. The summed E-state index contributed by atoms with van der Waals surface area (Å²) >= 11 is 0. The number of carbonyl (C=O) groups is 1. The minimum atomic E-state index is -0.114. The first-order chi connectivity index (χ1) is 9.63. The van der Waals surface area contributed by atoms with Crippen LogP contribution in [0, 0.1) is 6.92 Å². The maximum absolute atomic E-state index is 11.6. The van der Waals surface area contributed by atoms with E-state index in [0.717, 1.165) is 18.4 Å². The topological polar surface area (TPSA) is 88.2 Å². The molecular weight excluding hydrogens is 258 g/mol. The number of nitrogens with zero attached hydrogens (tertiary/aromatic N) is 2. The smallest absolute Gasteiger partial charge is 0.227 e. The molecule has 6 nitrogen and oxygen atoms in total. The first-order valence-electron chi connectivity index (χ1n) is 6.47. The number of aryl methyl sites for hydroxylation is 2. The third-order valence-electron chi connectivity index (χ3n) is 2.79. The summed E-state index contributed by atoms with van der Waals surface area (Å²) in [6.07, 6.45) is 1.82. The number of carbonyl (C=O) groups excluding carboxylic acids is 1. The monoisotopic (exact) mass is 275 g/mol. The summed E-state index contributed by atoms with van der Waals surface area (Å²) < 4.78 is 4.80. The van der Waals surface area contributed by atoms with Gasteiger partial charge in [0.15, 0.2) is 5.82 Å². The zero-order chi connectivity index (χ0) is 14.4. The van der Waals surface area contributed by atoms with Crippen molar-refractivity contribution in [2.45, 2.75) is 26.2 Å². The van der Waals surface area contributed by atoms with E-state index in [1.165, 1.54) is 0 Å². The van der Waals surface area contributed by atoms with E-state index in [4.69, 9.17) is 9.63 Å². The second kappa shape index (κ2) is 6.70. The summed E-state index contributed by atoms with van der Waals surface area (Å²) in [5.74, 6) is 1.01. The average molecular weight is 275 g/mol. The quantitative estimate of drug-likeness (QED) is 0.777. The molecule has 0 unspecified atom stereocenters. The van der Waals surface area contributed by atoms with Crippen molar-refractivity contribution in [1.82, 2.24) is 15.5 Å². The Labute approximate surface area is 116 Å². The predicted octanol–water partition coefficient (Wildman–Crippen LogP) is 1.38. The Morgan fingerprint density at radius 1 is 1.35 bits per heavy atom. The van der Waals surface area contributed by atoms with Crippen molar-refractivity contribution >= 4 is 5.91 Å². The molecule has 0 bridgehead atoms. The van der Waals surface area contributed by atoms with Gasteiger partial charge in [-0.1, -0.05) is 17.3 Å². The van der Waals surface area contributed by atoms with Gasteiger partial charge >= 0.3 is 0 Å². The van der Waals surface area contributed by atoms with Crippen LogP contribution in [0.25, 0.3) is 0 Å². The van der Waals surface area contributed by atoms with Crippen molar-refractivity contribution in [3.05, 3.63) is 41.5 Å². The summed E-state index contributed by atoms with van der Waals surface area (Å²) in [6, 6.07) is 7.07. The normalized spacial score (nSPS) is 10.4. The summed E-state index contributed by atoms with van der Waals surface area (Å²) in [5.41, 5.74) is 1.13. The first-order valence-corrected chi connectivity index (χ1v) is 6.47. The molecule has 1 aromatic heterocycles. The van der Waals surface area contributed by atoms with Gasteiger partial charge in [-0.25, -0.2) is 0 Å². The lowest BCUT2D eigenvalue weighted by atomic mass is 10.1. The van der Waals surface area contributed by atoms with Gasteiger partial charge in [-0.3, -0.25) is 4.79 Å². The Kier molecular flexibility index (Phi) is 4.70. The Bertz CT molecular complexity index is 563. The van der Waals surface area contributed by atoms with Crippen LogP contribution in [0.4, 0.5) is 0 Å². The highest BCUT2D eigenvalue weighted by Crippen LogP contribution is 2.10. The van der Waals surface area contributed by atoms with Crippen LogP contribution in [0.15, 0.2) is 28.8 Å². The van der Waals surface area contributed by atoms with Gasteiger partial charge in [-0.2, -0.15) is 4.98 Å². The largest absolute Gasteiger partial charge is 0.508 e. The molecule has 0 saturated heterocycles. The van der Waals surface area contributed by atoms with E-state index >= 15 is 0 Å². The van der Waals surface area contributed by atoms with Gasteiger partial charge in [0.25, 0.3) is 0 Å². The lowest BCUT2D eigenvalue weighted by Gasteiger charge is -2.04. The van der Waals surface area contributed by atoms with Crippen molar-refractivity contribution in [1.29, 1.82) is 0 Å². The number of amides is 1. The molecule has 0 atom stereocenters. The molecule has 2 N–H and O–H groups in total. The number of nitrogens with one attached hydrogen (secondary N) is 1. The highest BCUT2D eigenvalue weighted by molar-refractivity contribution is 5.77. The van der Waals surface area contributed by atoms with Crippen molar-refractivity contribution in [3.8, 4) is 5.75 Å². The van der Waals surface area contributed by atoms with E-state index in [2.05, 4.69) is 15.5 Å². The summed E-state index contributed by atoms with van der Waals surface area (Å²) in [7, 11) is 0. The number of hydrogen-bond donors (Lipinski definition) is 2. The van der Waals surface area contributed by atoms with E-state index < -0.39 is 0 Å². The summed E-state index contributed by atoms with van der Waals surface area (Å²) in [6.45, 7) is 2.28. The molecule has 0 aliphatic carbocycles. The van der Waals surface area contributed by atoms with Gasteiger partial charge in [0.2, 0.25) is 11.8 Å². The van der Waals surface area contributed by atoms with Crippen LogP contribution >= 0.6 is 0 Å². The first kappa shape index (κ1) is 14.0. The Hall–Kier alpha value is -2.37. The Balaban J connectivity index is 1.65. The van der Waals surface area contributed by atoms with Gasteiger partial charge in [0.05, 0.1) is 6.42 Å². The molecular formula is C14H17N3O3. The molecule has 0 fully saturated rings. The molecule has 0 radical (unpaired) electrons. The number of phenols is 1. The molecule has 0 saturated carbocycles. The van der Waals surface area contributed by atoms with E-state index in [-0.39, 0.29) is 18.1 Å². The standard InChI is InChI=1S/C14H17N3O3/c1-10-16-13(17-20-10)9-14(19)15-8-2-3-11-4-6-12(18)7-5-11/h4-7,18H,2-3,8-9H2,1H3,(H,15,19). The molecule has 2 aromatic rings. The summed E-state index contributed by atoms with van der Waals surface area (Å²) in [5, 5.41) is 15.6. The third-order valence-corrected chi connectivity index (χ3v) is 2.79. The number of aromatic nitrogens is 2. The molecule has 0 aliphatic rings. The molecule has 1 aromatic carbocycles. The summed E-state index contributed by atoms with van der Waals surface area (Å²) in [4.78, 5) is 15.6. The average Bonchev–Trinajstić information content (AvgIpc) is 2.82. The van der Waals surface area contributed by atoms with Crippen molar-refractivity contribution in [2.24, 2.45) is 0 Å². The number of rotatable bonds is 6. The molecule has 0 aliphatic heterocycles.